The van der Waals surface area contributed by atoms with Gasteiger partial charge in [-0.25, -0.2) is 0 Å². The zero-order chi connectivity index (χ0) is 16.1. The molecule has 0 saturated heterocycles. The van der Waals surface area contributed by atoms with Crippen molar-refractivity contribution < 1.29 is 34.4 Å². The van der Waals surface area contributed by atoms with E-state index in [0.717, 1.165) is 18.2 Å². The van der Waals surface area contributed by atoms with Gasteiger partial charge in [-0.15, -0.1) is 0 Å². The average Bonchev–Trinajstić information content (AvgIpc) is 2.79. The standard InChI is InChI=1S/C15H12O7/c16-8-4-11(18)9-6-15(21,22-13(9)5-8)14(20)7-1-2-10(17)12(19)3-7/h1-3,6,13,17,19,21H,4-5H2. The molecule has 114 valence electrons. The van der Waals surface area contributed by atoms with Crippen molar-refractivity contribution in [2.75, 3.05) is 0 Å². The highest BCUT2D eigenvalue weighted by Gasteiger charge is 2.49. The molecule has 0 amide bonds. The number of ketones is 3. The molecule has 2 unspecified atom stereocenters. The average molecular weight is 304 g/mol. The van der Waals surface area contributed by atoms with Crippen molar-refractivity contribution in [3.05, 3.63) is 35.4 Å². The Hall–Kier alpha value is -2.51. The lowest BCUT2D eigenvalue weighted by Crippen LogP contribution is -2.39. The molecule has 3 rings (SSSR count). The van der Waals surface area contributed by atoms with Crippen LogP contribution in [0.4, 0.5) is 0 Å². The summed E-state index contributed by atoms with van der Waals surface area (Å²) in [6.07, 6.45) is -0.267. The van der Waals surface area contributed by atoms with Gasteiger partial charge in [0.1, 0.15) is 5.78 Å². The number of Topliss-reactive ketones (excluding diaryl/α,β-unsaturated/α-hetero) is 3. The number of aromatic hydroxyl groups is 2. The number of hydrogen-bond donors (Lipinski definition) is 3. The summed E-state index contributed by atoms with van der Waals surface area (Å²) in [5, 5.41) is 29.0. The SMILES string of the molecule is O=C1CC(=O)C2=CC(O)(C(=O)c3ccc(O)c(O)c3)OC2C1. The third kappa shape index (κ3) is 2.20. The second-order valence-corrected chi connectivity index (χ2v) is 5.28. The Bertz CT molecular complexity index is 733. The molecule has 0 aromatic heterocycles. The van der Waals surface area contributed by atoms with E-state index in [1.54, 1.807) is 0 Å². The quantitative estimate of drug-likeness (QED) is 0.406. The molecule has 7 heteroatoms. The van der Waals surface area contributed by atoms with Gasteiger partial charge in [-0.3, -0.25) is 14.4 Å². The summed E-state index contributed by atoms with van der Waals surface area (Å²) in [5.41, 5.74) is 0.00511. The van der Waals surface area contributed by atoms with Gasteiger partial charge in [-0.1, -0.05) is 0 Å². The van der Waals surface area contributed by atoms with Gasteiger partial charge in [0.15, 0.2) is 17.3 Å². The van der Waals surface area contributed by atoms with Gasteiger partial charge in [0.05, 0.1) is 12.5 Å². The summed E-state index contributed by atoms with van der Waals surface area (Å²) >= 11 is 0. The van der Waals surface area contributed by atoms with Crippen LogP contribution in [0.3, 0.4) is 0 Å². The summed E-state index contributed by atoms with van der Waals surface area (Å²) in [6.45, 7) is 0. The molecule has 1 saturated carbocycles. The summed E-state index contributed by atoms with van der Waals surface area (Å²) in [4.78, 5) is 35.5. The molecule has 22 heavy (non-hydrogen) atoms. The molecule has 1 aliphatic carbocycles. The molecule has 1 aromatic rings. The topological polar surface area (TPSA) is 121 Å². The van der Waals surface area contributed by atoms with E-state index in [1.807, 2.05) is 0 Å². The molecule has 2 atom stereocenters. The van der Waals surface area contributed by atoms with Crippen molar-refractivity contribution >= 4 is 17.3 Å². The van der Waals surface area contributed by atoms with E-state index < -0.39 is 35.0 Å². The molecule has 7 nitrogen and oxygen atoms in total. The Morgan fingerprint density at radius 2 is 1.95 bits per heavy atom. The molecule has 1 aromatic carbocycles. The van der Waals surface area contributed by atoms with Crippen molar-refractivity contribution in [1.29, 1.82) is 0 Å². The zero-order valence-corrected chi connectivity index (χ0v) is 11.3. The Morgan fingerprint density at radius 3 is 2.64 bits per heavy atom. The Morgan fingerprint density at radius 1 is 1.23 bits per heavy atom. The van der Waals surface area contributed by atoms with Crippen molar-refractivity contribution in [2.45, 2.75) is 24.7 Å². The van der Waals surface area contributed by atoms with Gasteiger partial charge >= 0.3 is 0 Å². The minimum Gasteiger partial charge on any atom is -0.504 e. The zero-order valence-electron chi connectivity index (χ0n) is 11.3. The maximum Gasteiger partial charge on any atom is 0.253 e. The van der Waals surface area contributed by atoms with Crippen molar-refractivity contribution in [2.24, 2.45) is 0 Å². The van der Waals surface area contributed by atoms with Gasteiger partial charge in [0.25, 0.3) is 5.79 Å². The molecule has 3 N–H and O–H groups in total. The summed E-state index contributed by atoms with van der Waals surface area (Å²) in [6, 6.07) is 3.27. The molecule has 0 spiro atoms. The molecule has 1 heterocycles. The Balaban J connectivity index is 1.94. The summed E-state index contributed by atoms with van der Waals surface area (Å²) < 4.78 is 5.21. The molecule has 2 aliphatic rings. The fourth-order valence-electron chi connectivity index (χ4n) is 2.58. The van der Waals surface area contributed by atoms with E-state index in [2.05, 4.69) is 0 Å². The first-order valence-electron chi connectivity index (χ1n) is 6.55. The van der Waals surface area contributed by atoms with Crippen LogP contribution in [0.1, 0.15) is 23.2 Å². The van der Waals surface area contributed by atoms with Crippen molar-refractivity contribution in [1.82, 2.24) is 0 Å². The first-order chi connectivity index (χ1) is 10.3. The second-order valence-electron chi connectivity index (χ2n) is 5.28. The number of aliphatic hydroxyl groups is 1. The first-order valence-corrected chi connectivity index (χ1v) is 6.55. The van der Waals surface area contributed by atoms with E-state index >= 15 is 0 Å². The lowest BCUT2D eigenvalue weighted by atomic mass is 9.90. The number of phenols is 2. The Kier molecular flexibility index (Phi) is 3.12. The van der Waals surface area contributed by atoms with Crippen LogP contribution in [0.25, 0.3) is 0 Å². The fraction of sp³-hybridized carbons (Fsp3) is 0.267. The van der Waals surface area contributed by atoms with Crippen LogP contribution in [0.15, 0.2) is 29.8 Å². The van der Waals surface area contributed by atoms with Crippen LogP contribution >= 0.6 is 0 Å². The van der Waals surface area contributed by atoms with Crippen LogP contribution in [-0.4, -0.2) is 44.6 Å². The van der Waals surface area contributed by atoms with Crippen LogP contribution in [0.5, 0.6) is 11.5 Å². The van der Waals surface area contributed by atoms with Crippen LogP contribution in [-0.2, 0) is 14.3 Å². The molecule has 1 aliphatic heterocycles. The highest BCUT2D eigenvalue weighted by Crippen LogP contribution is 2.36. The monoisotopic (exact) mass is 304 g/mol. The smallest absolute Gasteiger partial charge is 0.253 e. The molecule has 0 bridgehead atoms. The minimum atomic E-state index is -2.37. The number of carbonyl (C=O) groups excluding carboxylic acids is 3. The maximum absolute atomic E-state index is 12.4. The summed E-state index contributed by atoms with van der Waals surface area (Å²) in [7, 11) is 0. The van der Waals surface area contributed by atoms with Gasteiger partial charge in [-0.2, -0.15) is 0 Å². The number of fused-ring (bicyclic) bond motifs is 1. The minimum absolute atomic E-state index is 0.0754. The van der Waals surface area contributed by atoms with Gasteiger partial charge < -0.3 is 20.1 Å². The largest absolute Gasteiger partial charge is 0.504 e. The van der Waals surface area contributed by atoms with Crippen molar-refractivity contribution in [3.8, 4) is 11.5 Å². The third-order valence-electron chi connectivity index (χ3n) is 3.68. The normalized spacial score (nSPS) is 27.5. The number of hydrogen-bond acceptors (Lipinski definition) is 7. The first kappa shape index (κ1) is 14.4. The highest BCUT2D eigenvalue weighted by molar-refractivity contribution is 6.13. The van der Waals surface area contributed by atoms with E-state index in [-0.39, 0.29) is 29.8 Å². The van der Waals surface area contributed by atoms with Gasteiger partial charge in [0, 0.05) is 17.6 Å². The number of rotatable bonds is 2. The van der Waals surface area contributed by atoms with Crippen LogP contribution in [0, 0.1) is 0 Å². The lowest BCUT2D eigenvalue weighted by Gasteiger charge is -2.23. The highest BCUT2D eigenvalue weighted by atomic mass is 16.6. The predicted octanol–water partition coefficient (Wildman–Crippen LogP) is 0.226. The van der Waals surface area contributed by atoms with Gasteiger partial charge in [-0.05, 0) is 24.3 Å². The molecular formula is C15H12O7. The number of carbonyl (C=O) groups is 3. The molecule has 0 radical (unpaired) electrons. The number of ether oxygens (including phenoxy) is 1. The van der Waals surface area contributed by atoms with E-state index in [1.165, 1.54) is 6.07 Å². The van der Waals surface area contributed by atoms with Crippen molar-refractivity contribution in [3.63, 3.8) is 0 Å². The fourth-order valence-corrected chi connectivity index (χ4v) is 2.58. The van der Waals surface area contributed by atoms with E-state index in [0.29, 0.717) is 0 Å². The summed E-state index contributed by atoms with van der Waals surface area (Å²) in [5.74, 6) is -4.99. The maximum atomic E-state index is 12.4. The third-order valence-corrected chi connectivity index (χ3v) is 3.68. The van der Waals surface area contributed by atoms with E-state index in [4.69, 9.17) is 4.74 Å². The predicted molar refractivity (Wildman–Crippen MR) is 71.3 cm³/mol. The van der Waals surface area contributed by atoms with Gasteiger partial charge in [0.2, 0.25) is 5.78 Å². The number of benzene rings is 1. The lowest BCUT2D eigenvalue weighted by molar-refractivity contribution is -0.150. The Labute approximate surface area is 124 Å². The second kappa shape index (κ2) is 4.75. The van der Waals surface area contributed by atoms with E-state index in [9.17, 15) is 29.7 Å². The van der Waals surface area contributed by atoms with Crippen LogP contribution in [0.2, 0.25) is 0 Å². The van der Waals surface area contributed by atoms with Crippen LogP contribution < -0.4 is 0 Å². The molecular weight excluding hydrogens is 292 g/mol. The number of phenolic OH excluding ortho intramolecular Hbond substituents is 2. The molecule has 1 fully saturated rings.